The minimum Gasteiger partial charge on any atom is -0.495 e. The molecule has 0 aliphatic rings. The Morgan fingerprint density at radius 2 is 1.94 bits per heavy atom. The Morgan fingerprint density at radius 1 is 1.12 bits per heavy atom. The van der Waals surface area contributed by atoms with Gasteiger partial charge in [-0.2, -0.15) is 0 Å². The molecule has 0 unspecified atom stereocenters. The van der Waals surface area contributed by atoms with Crippen LogP contribution in [0.25, 0.3) is 10.6 Å². The van der Waals surface area contributed by atoms with Gasteiger partial charge in [0.2, 0.25) is 5.91 Å². The van der Waals surface area contributed by atoms with Gasteiger partial charge in [-0.3, -0.25) is 14.4 Å². The maximum atomic E-state index is 12.2. The number of esters is 1. The van der Waals surface area contributed by atoms with E-state index < -0.39 is 18.5 Å². The summed E-state index contributed by atoms with van der Waals surface area (Å²) in [5.41, 5.74) is 2.23. The molecule has 2 N–H and O–H groups in total. The van der Waals surface area contributed by atoms with E-state index in [9.17, 15) is 14.4 Å². The molecular weight excluding hydrogens is 454 g/mol. The molecule has 3 aromatic rings. The number of hydrogen-bond acceptors (Lipinski definition) is 7. The van der Waals surface area contributed by atoms with Crippen molar-refractivity contribution in [1.82, 2.24) is 4.98 Å². The van der Waals surface area contributed by atoms with E-state index in [4.69, 9.17) is 21.1 Å². The van der Waals surface area contributed by atoms with Crippen LogP contribution in [0, 0.1) is 0 Å². The number of carbonyl (C=O) groups excluding carboxylic acids is 3. The summed E-state index contributed by atoms with van der Waals surface area (Å²) >= 11 is 7.39. The second-order valence-corrected chi connectivity index (χ2v) is 7.93. The lowest BCUT2D eigenvalue weighted by Crippen LogP contribution is -2.22. The maximum absolute atomic E-state index is 12.2. The average Bonchev–Trinajstić information content (AvgIpc) is 3.20. The highest BCUT2D eigenvalue weighted by atomic mass is 35.5. The standard InChI is InChI=1S/C22H20ClN3O5S/c1-13(27)24-16-6-7-19(30-2)18(9-16)26-20(28)11-31-21(29)10-17-12-32-22(25-17)14-4-3-5-15(23)8-14/h3-9,12H,10-11H2,1-2H3,(H,24,27)(H,26,28). The van der Waals surface area contributed by atoms with Crippen molar-refractivity contribution < 1.29 is 23.9 Å². The van der Waals surface area contributed by atoms with Crippen LogP contribution in [-0.2, 0) is 25.5 Å². The first-order valence-electron chi connectivity index (χ1n) is 9.45. The number of aromatic nitrogens is 1. The number of carbonyl (C=O) groups is 3. The number of rotatable bonds is 8. The first kappa shape index (κ1) is 23.2. The van der Waals surface area contributed by atoms with Gasteiger partial charge in [-0.15, -0.1) is 11.3 Å². The summed E-state index contributed by atoms with van der Waals surface area (Å²) in [5, 5.41) is 8.32. The zero-order chi connectivity index (χ0) is 23.1. The van der Waals surface area contributed by atoms with Crippen molar-refractivity contribution in [3.05, 3.63) is 58.6 Å². The Morgan fingerprint density at radius 3 is 2.66 bits per heavy atom. The van der Waals surface area contributed by atoms with E-state index in [1.807, 2.05) is 12.1 Å². The summed E-state index contributed by atoms with van der Waals surface area (Å²) in [7, 11) is 1.45. The molecule has 0 radical (unpaired) electrons. The fourth-order valence-corrected chi connectivity index (χ4v) is 3.77. The van der Waals surface area contributed by atoms with Crippen molar-refractivity contribution in [2.75, 3.05) is 24.4 Å². The van der Waals surface area contributed by atoms with Gasteiger partial charge in [0, 0.05) is 28.6 Å². The van der Waals surface area contributed by atoms with Crippen LogP contribution < -0.4 is 15.4 Å². The van der Waals surface area contributed by atoms with Crippen LogP contribution in [0.3, 0.4) is 0 Å². The summed E-state index contributed by atoms with van der Waals surface area (Å²) in [4.78, 5) is 40.0. The van der Waals surface area contributed by atoms with Crippen LogP contribution in [0.5, 0.6) is 5.75 Å². The average molecular weight is 474 g/mol. The van der Waals surface area contributed by atoms with Crippen molar-refractivity contribution >= 4 is 52.1 Å². The van der Waals surface area contributed by atoms with Crippen molar-refractivity contribution in [2.24, 2.45) is 0 Å². The summed E-state index contributed by atoms with van der Waals surface area (Å²) in [5.74, 6) is -0.978. The smallest absolute Gasteiger partial charge is 0.312 e. The second-order valence-electron chi connectivity index (χ2n) is 6.64. The highest BCUT2D eigenvalue weighted by molar-refractivity contribution is 7.13. The number of nitrogens with zero attached hydrogens (tertiary/aromatic N) is 1. The van der Waals surface area contributed by atoms with Crippen molar-refractivity contribution in [3.8, 4) is 16.3 Å². The van der Waals surface area contributed by atoms with Crippen LogP contribution >= 0.6 is 22.9 Å². The molecule has 0 saturated heterocycles. The van der Waals surface area contributed by atoms with Gasteiger partial charge in [0.05, 0.1) is 24.9 Å². The molecule has 0 atom stereocenters. The summed E-state index contributed by atoms with van der Waals surface area (Å²) in [6.07, 6.45) is -0.0638. The molecule has 0 aliphatic heterocycles. The lowest BCUT2D eigenvalue weighted by molar-refractivity contribution is -0.146. The Hall–Kier alpha value is -3.43. The molecule has 0 spiro atoms. The third-order valence-electron chi connectivity index (χ3n) is 4.11. The van der Waals surface area contributed by atoms with E-state index in [0.717, 1.165) is 10.6 Å². The number of halogens is 1. The van der Waals surface area contributed by atoms with E-state index in [0.29, 0.717) is 27.8 Å². The molecule has 1 heterocycles. The van der Waals surface area contributed by atoms with Crippen LogP contribution in [0.4, 0.5) is 11.4 Å². The molecule has 2 aromatic carbocycles. The number of nitrogens with one attached hydrogen (secondary N) is 2. The van der Waals surface area contributed by atoms with Crippen LogP contribution in [0.1, 0.15) is 12.6 Å². The Bertz CT molecular complexity index is 1150. The quantitative estimate of drug-likeness (QED) is 0.476. The fraction of sp³-hybridized carbons (Fsp3) is 0.182. The summed E-state index contributed by atoms with van der Waals surface area (Å²) < 4.78 is 10.3. The van der Waals surface area contributed by atoms with Gasteiger partial charge >= 0.3 is 5.97 Å². The van der Waals surface area contributed by atoms with Crippen LogP contribution in [0.15, 0.2) is 47.8 Å². The van der Waals surface area contributed by atoms with Gasteiger partial charge in [-0.1, -0.05) is 23.7 Å². The lowest BCUT2D eigenvalue weighted by Gasteiger charge is -2.12. The third-order valence-corrected chi connectivity index (χ3v) is 5.28. The topological polar surface area (TPSA) is 107 Å². The lowest BCUT2D eigenvalue weighted by atomic mass is 10.2. The van der Waals surface area contributed by atoms with Gasteiger partial charge in [0.25, 0.3) is 5.91 Å². The van der Waals surface area contributed by atoms with Gasteiger partial charge in [0.15, 0.2) is 6.61 Å². The zero-order valence-electron chi connectivity index (χ0n) is 17.3. The molecule has 1 aromatic heterocycles. The van der Waals surface area contributed by atoms with E-state index >= 15 is 0 Å². The highest BCUT2D eigenvalue weighted by Gasteiger charge is 2.14. The molecule has 0 saturated carbocycles. The zero-order valence-corrected chi connectivity index (χ0v) is 18.9. The van der Waals surface area contributed by atoms with Gasteiger partial charge < -0.3 is 20.1 Å². The van der Waals surface area contributed by atoms with E-state index in [1.54, 1.807) is 35.7 Å². The predicted octanol–water partition coefficient (Wildman–Crippen LogP) is 4.15. The molecule has 8 nitrogen and oxygen atoms in total. The van der Waals surface area contributed by atoms with E-state index in [-0.39, 0.29) is 12.3 Å². The number of methoxy groups -OCH3 is 1. The van der Waals surface area contributed by atoms with Crippen molar-refractivity contribution in [1.29, 1.82) is 0 Å². The summed E-state index contributed by atoms with van der Waals surface area (Å²) in [6.45, 7) is 0.903. The minimum atomic E-state index is -0.581. The predicted molar refractivity (Wildman–Crippen MR) is 123 cm³/mol. The largest absolute Gasteiger partial charge is 0.495 e. The first-order chi connectivity index (χ1) is 15.3. The monoisotopic (exact) mass is 473 g/mol. The minimum absolute atomic E-state index is 0.0638. The van der Waals surface area contributed by atoms with Crippen LogP contribution in [0.2, 0.25) is 5.02 Å². The third kappa shape index (κ3) is 6.53. The number of anilines is 2. The Balaban J connectivity index is 1.54. The van der Waals surface area contributed by atoms with Crippen LogP contribution in [-0.4, -0.2) is 36.5 Å². The summed E-state index contributed by atoms with van der Waals surface area (Å²) in [6, 6.07) is 12.1. The molecule has 0 aliphatic carbocycles. The number of ether oxygens (including phenoxy) is 2. The molecule has 3 rings (SSSR count). The van der Waals surface area contributed by atoms with E-state index in [1.165, 1.54) is 25.4 Å². The molecular formula is C22H20ClN3O5S. The SMILES string of the molecule is COc1ccc(NC(C)=O)cc1NC(=O)COC(=O)Cc1csc(-c2cccc(Cl)c2)n1. The van der Waals surface area contributed by atoms with Crippen molar-refractivity contribution in [3.63, 3.8) is 0 Å². The highest BCUT2D eigenvalue weighted by Crippen LogP contribution is 2.28. The molecule has 10 heteroatoms. The molecule has 2 amide bonds. The Labute approximate surface area is 193 Å². The van der Waals surface area contributed by atoms with Gasteiger partial charge in [-0.05, 0) is 30.3 Å². The molecule has 166 valence electrons. The number of benzene rings is 2. The normalized spacial score (nSPS) is 10.3. The first-order valence-corrected chi connectivity index (χ1v) is 10.7. The van der Waals surface area contributed by atoms with Gasteiger partial charge in [0.1, 0.15) is 10.8 Å². The van der Waals surface area contributed by atoms with Crippen molar-refractivity contribution in [2.45, 2.75) is 13.3 Å². The maximum Gasteiger partial charge on any atom is 0.312 e. The second kappa shape index (κ2) is 10.7. The number of thiazole rings is 1. The van der Waals surface area contributed by atoms with E-state index in [2.05, 4.69) is 15.6 Å². The molecule has 0 fully saturated rings. The molecule has 0 bridgehead atoms. The van der Waals surface area contributed by atoms with Gasteiger partial charge in [-0.25, -0.2) is 4.98 Å². The molecule has 32 heavy (non-hydrogen) atoms. The number of amides is 2. The Kier molecular flexibility index (Phi) is 7.80. The fourth-order valence-electron chi connectivity index (χ4n) is 2.76. The number of hydrogen-bond donors (Lipinski definition) is 2.